The molecule has 19 heteroatoms. The number of nitrogens with zero attached hydrogens (tertiary/aromatic N) is 4. The van der Waals surface area contributed by atoms with E-state index in [1.165, 1.54) is 24.7 Å². The lowest BCUT2D eigenvalue weighted by atomic mass is 10.1. The standard InChI is InChI=1S/C20H25F3N8O8/c1-8(33)27-15-12-16(30-19(29-15)28-9(2)34)31(7-26-12)17-14(13(36)10(5-32)39-17)38-6-11(35)24-3-4-25-18(37)20(21,22)23/h7,10,13-14,17,32,36H,3-6H2,1-2H3,(H,24,35)(H,25,37)(H2,27,28,29,30,33,34)/t10-,13?,14+,17-/m1/s1. The lowest BCUT2D eigenvalue weighted by Crippen LogP contribution is -2.42. The fraction of sp³-hybridized carbons (Fsp3) is 0.550. The number of hydrogen-bond acceptors (Lipinski definition) is 11. The number of alkyl halides is 3. The maximum Gasteiger partial charge on any atom is 0.471 e. The van der Waals surface area contributed by atoms with Crippen LogP contribution in [0.1, 0.15) is 20.1 Å². The van der Waals surface area contributed by atoms with Crippen molar-refractivity contribution in [3.05, 3.63) is 6.33 Å². The molecule has 1 aliphatic rings. The van der Waals surface area contributed by atoms with Crippen molar-refractivity contribution in [1.82, 2.24) is 30.2 Å². The van der Waals surface area contributed by atoms with Crippen molar-refractivity contribution >= 4 is 46.6 Å². The van der Waals surface area contributed by atoms with Crippen LogP contribution < -0.4 is 21.3 Å². The average Bonchev–Trinajstić information content (AvgIpc) is 3.39. The van der Waals surface area contributed by atoms with E-state index in [1.807, 2.05) is 0 Å². The van der Waals surface area contributed by atoms with Gasteiger partial charge in [0.15, 0.2) is 23.2 Å². The Morgan fingerprint density at radius 2 is 1.77 bits per heavy atom. The molecule has 1 fully saturated rings. The summed E-state index contributed by atoms with van der Waals surface area (Å²) in [4.78, 5) is 58.5. The molecule has 4 amide bonds. The second-order valence-corrected chi connectivity index (χ2v) is 8.20. The van der Waals surface area contributed by atoms with Gasteiger partial charge in [-0.15, -0.1) is 0 Å². The summed E-state index contributed by atoms with van der Waals surface area (Å²) in [6.45, 7) is 0.302. The molecular formula is C20H25F3N8O8. The molecule has 2 aromatic heterocycles. The number of aliphatic hydroxyl groups is 2. The minimum Gasteiger partial charge on any atom is -0.394 e. The molecule has 1 unspecified atom stereocenters. The van der Waals surface area contributed by atoms with Crippen LogP contribution in [0.25, 0.3) is 11.2 Å². The number of halogens is 3. The fourth-order valence-corrected chi connectivity index (χ4v) is 3.54. The minimum atomic E-state index is -5.06. The topological polar surface area (TPSA) is 219 Å². The number of aromatic nitrogens is 4. The van der Waals surface area contributed by atoms with Gasteiger partial charge in [-0.05, 0) is 0 Å². The fourth-order valence-electron chi connectivity index (χ4n) is 3.54. The highest BCUT2D eigenvalue weighted by atomic mass is 19.4. The number of fused-ring (bicyclic) bond motifs is 1. The molecule has 0 aromatic carbocycles. The van der Waals surface area contributed by atoms with Crippen molar-refractivity contribution < 1.29 is 52.0 Å². The summed E-state index contributed by atoms with van der Waals surface area (Å²) < 4.78 is 49.1. The molecule has 2 aromatic rings. The summed E-state index contributed by atoms with van der Waals surface area (Å²) in [7, 11) is 0. The third-order valence-electron chi connectivity index (χ3n) is 5.17. The van der Waals surface area contributed by atoms with Gasteiger partial charge in [0.05, 0.1) is 12.9 Å². The van der Waals surface area contributed by atoms with E-state index in [0.29, 0.717) is 0 Å². The Kier molecular flexibility index (Phi) is 9.32. The molecule has 0 bridgehead atoms. The number of ether oxygens (including phenoxy) is 2. The van der Waals surface area contributed by atoms with E-state index in [4.69, 9.17) is 9.47 Å². The van der Waals surface area contributed by atoms with Crippen molar-refractivity contribution in [2.45, 2.75) is 44.6 Å². The number of aliphatic hydroxyl groups excluding tert-OH is 2. The molecule has 0 saturated carbocycles. The molecule has 3 heterocycles. The summed E-state index contributed by atoms with van der Waals surface area (Å²) in [6, 6.07) is 0. The van der Waals surface area contributed by atoms with E-state index in [2.05, 4.69) is 30.9 Å². The zero-order valence-electron chi connectivity index (χ0n) is 20.5. The second-order valence-electron chi connectivity index (χ2n) is 8.20. The zero-order valence-corrected chi connectivity index (χ0v) is 20.5. The summed E-state index contributed by atoms with van der Waals surface area (Å²) in [5, 5.41) is 28.9. The van der Waals surface area contributed by atoms with Crippen molar-refractivity contribution in [2.24, 2.45) is 0 Å². The first-order chi connectivity index (χ1) is 18.3. The molecule has 1 aliphatic heterocycles. The van der Waals surface area contributed by atoms with Crippen molar-refractivity contribution in [1.29, 1.82) is 0 Å². The number of hydrogen-bond donors (Lipinski definition) is 6. The van der Waals surface area contributed by atoms with Crippen molar-refractivity contribution in [3.63, 3.8) is 0 Å². The lowest BCUT2D eigenvalue weighted by Gasteiger charge is -2.22. The van der Waals surface area contributed by atoms with Gasteiger partial charge < -0.3 is 35.6 Å². The summed E-state index contributed by atoms with van der Waals surface area (Å²) >= 11 is 0. The summed E-state index contributed by atoms with van der Waals surface area (Å²) in [5.74, 6) is -4.16. The molecule has 6 N–H and O–H groups in total. The quantitative estimate of drug-likeness (QED) is 0.177. The predicted octanol–water partition coefficient (Wildman–Crippen LogP) is -1.83. The molecule has 0 spiro atoms. The first-order valence-corrected chi connectivity index (χ1v) is 11.3. The minimum absolute atomic E-state index is 0.0340. The van der Waals surface area contributed by atoms with Crippen LogP contribution in [-0.2, 0) is 28.7 Å². The van der Waals surface area contributed by atoms with Gasteiger partial charge >= 0.3 is 12.1 Å². The average molecular weight is 562 g/mol. The Hall–Kier alpha value is -3.94. The van der Waals surface area contributed by atoms with E-state index < -0.39 is 74.1 Å². The molecule has 39 heavy (non-hydrogen) atoms. The second kappa shape index (κ2) is 12.3. The Morgan fingerprint density at radius 3 is 2.38 bits per heavy atom. The third kappa shape index (κ3) is 7.34. The summed E-state index contributed by atoms with van der Waals surface area (Å²) in [5.41, 5.74) is 0.119. The number of rotatable bonds is 10. The number of nitrogens with one attached hydrogen (secondary N) is 4. The lowest BCUT2D eigenvalue weighted by molar-refractivity contribution is -0.173. The summed E-state index contributed by atoms with van der Waals surface area (Å²) in [6.07, 6.45) is -8.92. The van der Waals surface area contributed by atoms with Crippen LogP contribution in [0.5, 0.6) is 0 Å². The van der Waals surface area contributed by atoms with Gasteiger partial charge in [0.2, 0.25) is 23.7 Å². The van der Waals surface area contributed by atoms with Crippen molar-refractivity contribution in [3.8, 4) is 0 Å². The van der Waals surface area contributed by atoms with Crippen LogP contribution in [0.2, 0.25) is 0 Å². The van der Waals surface area contributed by atoms with Gasteiger partial charge in [-0.3, -0.25) is 29.1 Å². The third-order valence-corrected chi connectivity index (χ3v) is 5.17. The van der Waals surface area contributed by atoms with Gasteiger partial charge in [-0.1, -0.05) is 0 Å². The SMILES string of the molecule is CC(=O)Nc1nc(NC(C)=O)c2ncn([C@@H]3O[C@H](CO)C(O)[C@@H]3OCC(=O)NCCNC(=O)C(F)(F)F)c2n1. The number of amides is 4. The van der Waals surface area contributed by atoms with Crippen molar-refractivity contribution in [2.75, 3.05) is 36.9 Å². The van der Waals surface area contributed by atoms with Crippen LogP contribution in [-0.4, -0.2) is 104 Å². The van der Waals surface area contributed by atoms with Gasteiger partial charge in [-0.25, -0.2) is 4.98 Å². The van der Waals surface area contributed by atoms with Gasteiger partial charge in [0, 0.05) is 26.9 Å². The Balaban J connectivity index is 1.77. The highest BCUT2D eigenvalue weighted by Gasteiger charge is 2.46. The number of carbonyl (C=O) groups excluding carboxylic acids is 4. The van der Waals surface area contributed by atoms with Crippen LogP contribution in [0.3, 0.4) is 0 Å². The Bertz CT molecular complexity index is 1240. The predicted molar refractivity (Wildman–Crippen MR) is 123 cm³/mol. The highest BCUT2D eigenvalue weighted by Crippen LogP contribution is 2.34. The van der Waals surface area contributed by atoms with Crippen LogP contribution in [0, 0.1) is 0 Å². The van der Waals surface area contributed by atoms with Gasteiger partial charge in [0.25, 0.3) is 0 Å². The van der Waals surface area contributed by atoms with E-state index in [-0.39, 0.29) is 29.5 Å². The van der Waals surface area contributed by atoms with Crippen LogP contribution >= 0.6 is 0 Å². The Labute approximate surface area is 217 Å². The largest absolute Gasteiger partial charge is 0.471 e. The first-order valence-electron chi connectivity index (χ1n) is 11.3. The first kappa shape index (κ1) is 29.6. The molecule has 0 radical (unpaired) electrons. The maximum absolute atomic E-state index is 12.2. The molecule has 1 saturated heterocycles. The van der Waals surface area contributed by atoms with Gasteiger partial charge in [0.1, 0.15) is 24.9 Å². The van der Waals surface area contributed by atoms with E-state index in [1.54, 1.807) is 5.32 Å². The molecule has 214 valence electrons. The number of imidazole rings is 1. The van der Waals surface area contributed by atoms with E-state index >= 15 is 0 Å². The molecule has 16 nitrogen and oxygen atoms in total. The molecule has 3 rings (SSSR count). The van der Waals surface area contributed by atoms with Crippen LogP contribution in [0.4, 0.5) is 24.9 Å². The zero-order chi connectivity index (χ0) is 28.9. The van der Waals surface area contributed by atoms with Gasteiger partial charge in [-0.2, -0.15) is 23.1 Å². The van der Waals surface area contributed by atoms with E-state index in [0.717, 1.165) is 0 Å². The highest BCUT2D eigenvalue weighted by molar-refractivity contribution is 5.97. The number of carbonyl (C=O) groups is 4. The molecule has 0 aliphatic carbocycles. The maximum atomic E-state index is 12.2. The molecular weight excluding hydrogens is 537 g/mol. The normalized spacial score (nSPS) is 21.0. The number of anilines is 2. The molecule has 4 atom stereocenters. The Morgan fingerprint density at radius 1 is 1.10 bits per heavy atom. The smallest absolute Gasteiger partial charge is 0.394 e. The monoisotopic (exact) mass is 562 g/mol. The van der Waals surface area contributed by atoms with E-state index in [9.17, 15) is 42.6 Å². The van der Waals surface area contributed by atoms with Crippen LogP contribution in [0.15, 0.2) is 6.33 Å².